The molecule has 0 fully saturated rings. The summed E-state index contributed by atoms with van der Waals surface area (Å²) in [7, 11) is -5.84. The molecule has 0 amide bonds. The lowest BCUT2D eigenvalue weighted by molar-refractivity contribution is -0.186. The third-order valence-electron chi connectivity index (χ3n) is 3.09. The van der Waals surface area contributed by atoms with Gasteiger partial charge < -0.3 is 4.84 Å². The predicted molar refractivity (Wildman–Crippen MR) is 85.9 cm³/mol. The minimum absolute atomic E-state index is 0.419. The Morgan fingerprint density at radius 1 is 1.36 bits per heavy atom. The fraction of sp³-hybridized carbons (Fsp3) is 0.400. The zero-order valence-corrected chi connectivity index (χ0v) is 14.8. The monoisotopic (exact) mass is 383 g/mol. The summed E-state index contributed by atoms with van der Waals surface area (Å²) >= 11 is 0. The second-order valence-electron chi connectivity index (χ2n) is 4.85. The normalized spacial score (nSPS) is 11.5. The molecule has 1 aromatic rings. The molecule has 0 atom stereocenters. The van der Waals surface area contributed by atoms with Gasteiger partial charge in [0.15, 0.2) is 0 Å². The lowest BCUT2D eigenvalue weighted by atomic mass is 10.0. The van der Waals surface area contributed by atoms with Crippen molar-refractivity contribution in [3.8, 4) is 0 Å². The number of alkyl halides is 3. The number of nitrogens with zero attached hydrogens (tertiary/aromatic N) is 1. The molecule has 0 aliphatic carbocycles. The Balaban J connectivity index is 0.000000609. The Morgan fingerprint density at radius 3 is 2.28 bits per heavy atom. The first-order valence-electron chi connectivity index (χ1n) is 7.01. The van der Waals surface area contributed by atoms with Crippen LogP contribution in [0.3, 0.4) is 0 Å². The topological polar surface area (TPSA) is 83.9 Å². The van der Waals surface area contributed by atoms with Crippen molar-refractivity contribution in [1.82, 2.24) is 5.06 Å². The summed E-state index contributed by atoms with van der Waals surface area (Å²) in [5, 5.41) is 1.63. The van der Waals surface area contributed by atoms with Crippen molar-refractivity contribution >= 4 is 16.1 Å². The molecule has 0 aliphatic heterocycles. The Labute approximate surface area is 144 Å². The Kier molecular flexibility index (Phi) is 8.81. The van der Waals surface area contributed by atoms with Crippen LogP contribution in [0, 0.1) is 13.8 Å². The van der Waals surface area contributed by atoms with Gasteiger partial charge in [-0.2, -0.15) is 21.6 Å². The van der Waals surface area contributed by atoms with Gasteiger partial charge in [0, 0.05) is 12.6 Å². The van der Waals surface area contributed by atoms with Gasteiger partial charge in [-0.3, -0.25) is 4.55 Å². The lowest BCUT2D eigenvalue weighted by Crippen LogP contribution is -2.26. The molecule has 142 valence electrons. The molecule has 0 unspecified atom stereocenters. The minimum atomic E-state index is -5.84. The fourth-order valence-corrected chi connectivity index (χ4v) is 1.55. The van der Waals surface area contributed by atoms with Crippen molar-refractivity contribution < 1.29 is 35.8 Å². The minimum Gasteiger partial charge on any atom is -0.364 e. The zero-order chi connectivity index (χ0) is 19.8. The Hall–Kier alpha value is -1.91. The summed E-state index contributed by atoms with van der Waals surface area (Å²) in [6.45, 7) is 10.7. The van der Waals surface area contributed by atoms with Crippen molar-refractivity contribution in [2.24, 2.45) is 0 Å². The van der Waals surface area contributed by atoms with Crippen molar-refractivity contribution in [1.29, 1.82) is 0 Å². The van der Waals surface area contributed by atoms with E-state index in [0.717, 1.165) is 0 Å². The van der Waals surface area contributed by atoms with Gasteiger partial charge in [0.1, 0.15) is 0 Å². The van der Waals surface area contributed by atoms with Crippen LogP contribution in [0.15, 0.2) is 30.9 Å². The number of carbonyl (C=O) groups excluding carboxylic acids is 1. The van der Waals surface area contributed by atoms with E-state index in [9.17, 15) is 18.0 Å². The molecule has 10 heteroatoms. The summed E-state index contributed by atoms with van der Waals surface area (Å²) in [6.07, 6.45) is 1.17. The Bertz CT molecular complexity index is 702. The number of halogens is 3. The van der Waals surface area contributed by atoms with Gasteiger partial charge >= 0.3 is 21.6 Å². The van der Waals surface area contributed by atoms with Crippen molar-refractivity contribution in [2.45, 2.75) is 32.8 Å². The van der Waals surface area contributed by atoms with Gasteiger partial charge in [0.05, 0.1) is 6.54 Å². The third-order valence-corrected chi connectivity index (χ3v) is 3.68. The highest BCUT2D eigenvalue weighted by Crippen LogP contribution is 2.20. The smallest absolute Gasteiger partial charge is 0.364 e. The molecule has 1 N–H and O–H groups in total. The first-order chi connectivity index (χ1) is 11.3. The van der Waals surface area contributed by atoms with Gasteiger partial charge in [0.2, 0.25) is 0 Å². The van der Waals surface area contributed by atoms with Gasteiger partial charge in [-0.15, -0.1) is 5.06 Å². The van der Waals surface area contributed by atoms with E-state index >= 15 is 0 Å². The van der Waals surface area contributed by atoms with E-state index in [1.54, 1.807) is 5.06 Å². The number of rotatable bonds is 5. The molecule has 0 radical (unpaired) electrons. The number of benzene rings is 1. The molecule has 25 heavy (non-hydrogen) atoms. The van der Waals surface area contributed by atoms with E-state index in [2.05, 4.69) is 26.5 Å². The van der Waals surface area contributed by atoms with E-state index < -0.39 is 21.6 Å². The molecule has 1 rings (SSSR count). The molecule has 1 aromatic carbocycles. The summed E-state index contributed by atoms with van der Waals surface area (Å²) in [4.78, 5) is 16.3. The van der Waals surface area contributed by atoms with Crippen LogP contribution < -0.4 is 0 Å². The second kappa shape index (κ2) is 9.54. The largest absolute Gasteiger partial charge is 0.522 e. The molecular weight excluding hydrogens is 363 g/mol. The number of hydrogen-bond acceptors (Lipinski definition) is 5. The molecule has 0 spiro atoms. The summed E-state index contributed by atoms with van der Waals surface area (Å²) in [5.74, 6) is -0.419. The maximum absolute atomic E-state index is 11.1. The maximum atomic E-state index is 11.1. The molecule has 6 nitrogen and oxygen atoms in total. The van der Waals surface area contributed by atoms with E-state index in [1.165, 1.54) is 22.8 Å². The van der Waals surface area contributed by atoms with Crippen molar-refractivity contribution in [3.05, 3.63) is 47.5 Å². The van der Waals surface area contributed by atoms with Crippen LogP contribution in [0.2, 0.25) is 0 Å². The SMILES string of the molecule is C=CC(=O)ON(CC)Cc1cccc(C)c1C.O=S(=O)(O)C(F)(F)F. The van der Waals surface area contributed by atoms with E-state index in [1.807, 2.05) is 19.1 Å². The van der Waals surface area contributed by atoms with Crippen LogP contribution in [0.5, 0.6) is 0 Å². The second-order valence-corrected chi connectivity index (χ2v) is 6.26. The van der Waals surface area contributed by atoms with Crippen molar-refractivity contribution in [3.63, 3.8) is 0 Å². The summed E-state index contributed by atoms with van der Waals surface area (Å²) < 4.78 is 57.5. The number of hydrogen-bond donors (Lipinski definition) is 1. The van der Waals surface area contributed by atoms with E-state index in [-0.39, 0.29) is 0 Å². The number of aryl methyl sites for hydroxylation is 1. The zero-order valence-electron chi connectivity index (χ0n) is 14.0. The lowest BCUT2D eigenvalue weighted by Gasteiger charge is -2.20. The average molecular weight is 383 g/mol. The van der Waals surface area contributed by atoms with Crippen LogP contribution >= 0.6 is 0 Å². The maximum Gasteiger partial charge on any atom is 0.522 e. The van der Waals surface area contributed by atoms with Crippen molar-refractivity contribution in [2.75, 3.05) is 6.54 Å². The number of hydroxylamine groups is 2. The highest BCUT2D eigenvalue weighted by atomic mass is 32.2. The van der Waals surface area contributed by atoms with Gasteiger partial charge in [-0.05, 0) is 37.5 Å². The molecule has 0 bridgehead atoms. The molecule has 0 saturated heterocycles. The fourth-order valence-electron chi connectivity index (χ4n) is 1.55. The highest BCUT2D eigenvalue weighted by Gasteiger charge is 2.44. The average Bonchev–Trinajstić information content (AvgIpc) is 2.49. The molecule has 0 aliphatic rings. The van der Waals surface area contributed by atoms with Crippen LogP contribution in [-0.4, -0.2) is 36.1 Å². The summed E-state index contributed by atoms with van der Waals surface area (Å²) in [6, 6.07) is 6.14. The molecule has 0 aromatic heterocycles. The van der Waals surface area contributed by atoms with Crippen LogP contribution in [-0.2, 0) is 26.3 Å². The molecule has 0 heterocycles. The predicted octanol–water partition coefficient (Wildman–Crippen LogP) is 3.16. The van der Waals surface area contributed by atoms with Crippen LogP contribution in [0.4, 0.5) is 13.2 Å². The van der Waals surface area contributed by atoms with Crippen LogP contribution in [0.25, 0.3) is 0 Å². The number of carbonyl (C=O) groups is 1. The van der Waals surface area contributed by atoms with Gasteiger partial charge in [-0.1, -0.05) is 24.8 Å². The Morgan fingerprint density at radius 2 is 1.88 bits per heavy atom. The highest BCUT2D eigenvalue weighted by molar-refractivity contribution is 7.86. The quantitative estimate of drug-likeness (QED) is 0.364. The van der Waals surface area contributed by atoms with Gasteiger partial charge in [0.25, 0.3) is 0 Å². The van der Waals surface area contributed by atoms with Gasteiger partial charge in [-0.25, -0.2) is 4.79 Å². The first-order valence-corrected chi connectivity index (χ1v) is 8.45. The molecular formula is C15H20F3NO5S. The standard InChI is InChI=1S/C14H19NO2.CHF3O3S/c1-5-14(16)17-15(6-2)10-13-9-7-8-11(3)12(13)4;2-1(3,4)8(5,6)7/h5,7-9H,1,6,10H2,2-4H3;(H,5,6,7). The van der Waals surface area contributed by atoms with Crippen LogP contribution in [0.1, 0.15) is 23.6 Å². The van der Waals surface area contributed by atoms with E-state index in [4.69, 9.17) is 17.8 Å². The first kappa shape index (κ1) is 23.1. The third kappa shape index (κ3) is 8.14. The summed E-state index contributed by atoms with van der Waals surface area (Å²) in [5.41, 5.74) is -1.88. The molecule has 0 saturated carbocycles. The van der Waals surface area contributed by atoms with E-state index in [0.29, 0.717) is 13.1 Å².